The van der Waals surface area contributed by atoms with Crippen molar-refractivity contribution in [2.45, 2.75) is 43.0 Å². The Labute approximate surface area is 170 Å². The molecule has 0 saturated carbocycles. The highest BCUT2D eigenvalue weighted by Gasteiger charge is 2.33. The standard InChI is InChI=1S/C20H28N4O3S/c21-18(25)14-28-17-9-2-1-7-15(17)22-19(26)13-24-12-4-3-8-16(24)20(27)23-10-5-6-11-23/h1-2,7,9,16H,3-6,8,10-14H2,(H2,21,25)(H,22,26). The Bertz CT molecular complexity index is 721. The number of piperidine rings is 1. The van der Waals surface area contributed by atoms with E-state index in [1.807, 2.05) is 34.1 Å². The molecule has 0 aliphatic carbocycles. The molecule has 2 saturated heterocycles. The molecule has 1 aromatic rings. The van der Waals surface area contributed by atoms with Crippen molar-refractivity contribution in [3.63, 3.8) is 0 Å². The molecule has 0 bridgehead atoms. The molecule has 2 aliphatic heterocycles. The molecule has 2 fully saturated rings. The van der Waals surface area contributed by atoms with Crippen molar-refractivity contribution >= 4 is 35.2 Å². The van der Waals surface area contributed by atoms with Gasteiger partial charge in [0.05, 0.1) is 24.0 Å². The summed E-state index contributed by atoms with van der Waals surface area (Å²) in [6.07, 6.45) is 4.97. The number of amides is 3. The summed E-state index contributed by atoms with van der Waals surface area (Å²) in [7, 11) is 0. The summed E-state index contributed by atoms with van der Waals surface area (Å²) in [6.45, 7) is 2.62. The number of nitrogens with two attached hydrogens (primary N) is 1. The van der Waals surface area contributed by atoms with E-state index < -0.39 is 5.91 Å². The number of nitrogens with zero attached hydrogens (tertiary/aromatic N) is 2. The average Bonchev–Trinajstić information content (AvgIpc) is 3.22. The van der Waals surface area contributed by atoms with Gasteiger partial charge in [0.1, 0.15) is 0 Å². The number of primary amides is 1. The van der Waals surface area contributed by atoms with Gasteiger partial charge in [0, 0.05) is 18.0 Å². The first-order valence-corrected chi connectivity index (χ1v) is 10.9. The van der Waals surface area contributed by atoms with E-state index >= 15 is 0 Å². The van der Waals surface area contributed by atoms with Crippen molar-refractivity contribution in [3.8, 4) is 0 Å². The third-order valence-corrected chi connectivity index (χ3v) is 6.29. The van der Waals surface area contributed by atoms with Crippen LogP contribution in [-0.4, -0.2) is 65.5 Å². The monoisotopic (exact) mass is 404 g/mol. The fraction of sp³-hybridized carbons (Fsp3) is 0.550. The number of hydrogen-bond donors (Lipinski definition) is 2. The molecule has 28 heavy (non-hydrogen) atoms. The SMILES string of the molecule is NC(=O)CSc1ccccc1NC(=O)CN1CCCCC1C(=O)N1CCCC1. The highest BCUT2D eigenvalue weighted by molar-refractivity contribution is 8.00. The first-order valence-electron chi connectivity index (χ1n) is 9.87. The Morgan fingerprint density at radius 3 is 2.54 bits per heavy atom. The van der Waals surface area contributed by atoms with E-state index in [1.54, 1.807) is 0 Å². The van der Waals surface area contributed by atoms with Gasteiger partial charge in [-0.2, -0.15) is 0 Å². The highest BCUT2D eigenvalue weighted by atomic mass is 32.2. The first kappa shape index (κ1) is 20.7. The molecular weight excluding hydrogens is 376 g/mol. The minimum Gasteiger partial charge on any atom is -0.369 e. The molecule has 0 spiro atoms. The van der Waals surface area contributed by atoms with Crippen LogP contribution in [0.2, 0.25) is 0 Å². The molecule has 2 heterocycles. The molecule has 8 heteroatoms. The van der Waals surface area contributed by atoms with Crippen molar-refractivity contribution in [2.75, 3.05) is 37.2 Å². The highest BCUT2D eigenvalue weighted by Crippen LogP contribution is 2.27. The number of benzene rings is 1. The Morgan fingerprint density at radius 1 is 1.07 bits per heavy atom. The van der Waals surface area contributed by atoms with Gasteiger partial charge in [-0.1, -0.05) is 18.6 Å². The summed E-state index contributed by atoms with van der Waals surface area (Å²) in [5.74, 6) is -0.218. The number of likely N-dealkylation sites (tertiary alicyclic amines) is 2. The second-order valence-corrected chi connectivity index (χ2v) is 8.33. The maximum atomic E-state index is 12.9. The van der Waals surface area contributed by atoms with Crippen LogP contribution in [0.15, 0.2) is 29.2 Å². The molecule has 1 aromatic carbocycles. The van der Waals surface area contributed by atoms with Crippen LogP contribution in [0.5, 0.6) is 0 Å². The lowest BCUT2D eigenvalue weighted by atomic mass is 10.0. The maximum absolute atomic E-state index is 12.9. The molecular formula is C20H28N4O3S. The van der Waals surface area contributed by atoms with E-state index in [1.165, 1.54) is 11.8 Å². The zero-order valence-electron chi connectivity index (χ0n) is 16.1. The number of anilines is 1. The van der Waals surface area contributed by atoms with Gasteiger partial charge in [-0.3, -0.25) is 19.3 Å². The lowest BCUT2D eigenvalue weighted by Gasteiger charge is -2.36. The van der Waals surface area contributed by atoms with Crippen LogP contribution in [-0.2, 0) is 14.4 Å². The van der Waals surface area contributed by atoms with Crippen LogP contribution in [0, 0.1) is 0 Å². The Balaban J connectivity index is 1.61. The van der Waals surface area contributed by atoms with Gasteiger partial charge in [0.2, 0.25) is 17.7 Å². The lowest BCUT2D eigenvalue weighted by Crippen LogP contribution is -2.52. The molecule has 1 unspecified atom stereocenters. The number of hydrogen-bond acceptors (Lipinski definition) is 5. The predicted octanol–water partition coefficient (Wildman–Crippen LogP) is 1.68. The third kappa shape index (κ3) is 5.48. The van der Waals surface area contributed by atoms with Crippen LogP contribution in [0.25, 0.3) is 0 Å². The summed E-state index contributed by atoms with van der Waals surface area (Å²) in [6, 6.07) is 7.16. The van der Waals surface area contributed by atoms with Crippen molar-refractivity contribution in [1.29, 1.82) is 0 Å². The molecule has 3 rings (SSSR count). The number of carbonyl (C=O) groups excluding carboxylic acids is 3. The van der Waals surface area contributed by atoms with Crippen LogP contribution in [0.4, 0.5) is 5.69 Å². The van der Waals surface area contributed by atoms with E-state index in [0.29, 0.717) is 5.69 Å². The number of carbonyl (C=O) groups is 3. The fourth-order valence-corrected chi connectivity index (χ4v) is 4.57. The first-order chi connectivity index (χ1) is 13.5. The maximum Gasteiger partial charge on any atom is 0.239 e. The van der Waals surface area contributed by atoms with Crippen LogP contribution >= 0.6 is 11.8 Å². The molecule has 0 radical (unpaired) electrons. The number of nitrogens with one attached hydrogen (secondary N) is 1. The normalized spacial score (nSPS) is 20.1. The fourth-order valence-electron chi connectivity index (χ4n) is 3.83. The van der Waals surface area contributed by atoms with E-state index in [4.69, 9.17) is 5.73 Å². The van der Waals surface area contributed by atoms with Crippen LogP contribution in [0.3, 0.4) is 0 Å². The summed E-state index contributed by atoms with van der Waals surface area (Å²) < 4.78 is 0. The summed E-state index contributed by atoms with van der Waals surface area (Å²) >= 11 is 1.30. The van der Waals surface area contributed by atoms with Crippen molar-refractivity contribution in [1.82, 2.24) is 9.80 Å². The molecule has 3 N–H and O–H groups in total. The molecule has 0 aromatic heterocycles. The van der Waals surface area contributed by atoms with E-state index in [9.17, 15) is 14.4 Å². The summed E-state index contributed by atoms with van der Waals surface area (Å²) in [5.41, 5.74) is 5.89. The molecule has 2 aliphatic rings. The molecule has 1 atom stereocenters. The van der Waals surface area contributed by atoms with Gasteiger partial charge in [-0.25, -0.2) is 0 Å². The van der Waals surface area contributed by atoms with E-state index in [2.05, 4.69) is 5.32 Å². The van der Waals surface area contributed by atoms with Gasteiger partial charge in [0.25, 0.3) is 0 Å². The number of para-hydroxylation sites is 1. The second kappa shape index (κ2) is 9.93. The van der Waals surface area contributed by atoms with Gasteiger partial charge < -0.3 is 16.0 Å². The average molecular weight is 405 g/mol. The van der Waals surface area contributed by atoms with E-state index in [0.717, 1.165) is 56.6 Å². The predicted molar refractivity (Wildman–Crippen MR) is 110 cm³/mol. The largest absolute Gasteiger partial charge is 0.369 e. The number of thioether (sulfide) groups is 1. The summed E-state index contributed by atoms with van der Waals surface area (Å²) in [5, 5.41) is 2.93. The quantitative estimate of drug-likeness (QED) is 0.674. The minimum atomic E-state index is -0.400. The van der Waals surface area contributed by atoms with Crippen LogP contribution in [0.1, 0.15) is 32.1 Å². The van der Waals surface area contributed by atoms with Gasteiger partial charge in [-0.15, -0.1) is 11.8 Å². The van der Waals surface area contributed by atoms with E-state index in [-0.39, 0.29) is 30.2 Å². The number of rotatable bonds is 7. The smallest absolute Gasteiger partial charge is 0.239 e. The van der Waals surface area contributed by atoms with Crippen molar-refractivity contribution < 1.29 is 14.4 Å². The second-order valence-electron chi connectivity index (χ2n) is 7.31. The van der Waals surface area contributed by atoms with Gasteiger partial charge in [0.15, 0.2) is 0 Å². The van der Waals surface area contributed by atoms with Gasteiger partial charge in [-0.05, 0) is 44.4 Å². The lowest BCUT2D eigenvalue weighted by molar-refractivity contribution is -0.138. The molecule has 3 amide bonds. The van der Waals surface area contributed by atoms with Crippen molar-refractivity contribution in [3.05, 3.63) is 24.3 Å². The van der Waals surface area contributed by atoms with Crippen molar-refractivity contribution in [2.24, 2.45) is 5.73 Å². The zero-order chi connectivity index (χ0) is 19.9. The third-order valence-electron chi connectivity index (χ3n) is 5.19. The Kier molecular flexibility index (Phi) is 7.33. The molecule has 7 nitrogen and oxygen atoms in total. The zero-order valence-corrected chi connectivity index (χ0v) is 16.9. The topological polar surface area (TPSA) is 95.7 Å². The Hall–Kier alpha value is -2.06. The minimum absolute atomic E-state index is 0.145. The van der Waals surface area contributed by atoms with Crippen LogP contribution < -0.4 is 11.1 Å². The molecule has 152 valence electrons. The summed E-state index contributed by atoms with van der Waals surface area (Å²) in [4.78, 5) is 41.3. The van der Waals surface area contributed by atoms with Gasteiger partial charge >= 0.3 is 0 Å². The Morgan fingerprint density at radius 2 is 1.79 bits per heavy atom.